The number of fused-ring (bicyclic) bond motifs is 1. The maximum atomic E-state index is 6.63. The predicted molar refractivity (Wildman–Crippen MR) is 267 cm³/mol. The van der Waals surface area contributed by atoms with Crippen molar-refractivity contribution in [3.8, 4) is 11.1 Å². The van der Waals surface area contributed by atoms with Crippen molar-refractivity contribution >= 4 is 53.8 Å². The van der Waals surface area contributed by atoms with E-state index < -0.39 is 13.5 Å². The summed E-state index contributed by atoms with van der Waals surface area (Å²) < 4.78 is 1.10. The maximum absolute atomic E-state index is 6.63. The normalized spacial score (nSPS) is 18.4. The molecule has 9 rings (SSSR count). The zero-order chi connectivity index (χ0) is 42.2. The molecule has 3 aliphatic carbocycles. The molecular formula is C54H71Cl2N2PRu. The van der Waals surface area contributed by atoms with Crippen LogP contribution in [0.25, 0.3) is 21.9 Å². The van der Waals surface area contributed by atoms with Gasteiger partial charge in [0.1, 0.15) is 0 Å². The minimum atomic E-state index is -2.12. The van der Waals surface area contributed by atoms with Crippen molar-refractivity contribution in [1.82, 2.24) is 0 Å². The van der Waals surface area contributed by atoms with E-state index >= 15 is 0 Å². The van der Waals surface area contributed by atoms with Gasteiger partial charge in [-0.15, -0.1) is 46.7 Å². The Morgan fingerprint density at radius 2 is 0.933 bits per heavy atom. The Labute approximate surface area is 378 Å². The van der Waals surface area contributed by atoms with Crippen molar-refractivity contribution in [3.63, 3.8) is 0 Å². The quantitative estimate of drug-likeness (QED) is 0.0951. The largest absolute Gasteiger partial charge is 0.150 e. The number of aryl methyl sites for hydroxylation is 6. The fourth-order valence-electron chi connectivity index (χ4n) is 11.6. The first-order chi connectivity index (χ1) is 29.1. The molecule has 3 saturated carbocycles. The third-order valence-electron chi connectivity index (χ3n) is 13.9. The average molecular weight is 951 g/mol. The molecule has 4 aliphatic rings. The minimum absolute atomic E-state index is 0.0465. The minimum Gasteiger partial charge on any atom is -0.150 e. The topological polar surface area (TPSA) is 6.48 Å². The molecule has 0 amide bonds. The summed E-state index contributed by atoms with van der Waals surface area (Å²) in [4.78, 5) is 4.73. The second-order valence-corrected chi connectivity index (χ2v) is 27.5. The standard InChI is InChI=1S/C21H26N2.C18H33P.C15H11.2ClH.Ru/c1-14-9-16(3)20(17(4)10-14)22-7-8-23(13-22)21-18(5)11-15(2)12-19(21)6;1-4-10-16(11-5-1)19(17-12-6-2-7-13-17)18-14-8-3-9-15-18;1-2-6-12(7-3-1)15-11-10-13-8-4-5-9-14(13)15;;;/h9-12H,7-8H2,1-6H3;16-18H,1-15H2;1-11H;2*1H;/q;;-1;;;+2/p-1. The van der Waals surface area contributed by atoms with E-state index in [9.17, 15) is 0 Å². The van der Waals surface area contributed by atoms with Crippen molar-refractivity contribution in [2.45, 2.75) is 155 Å². The van der Waals surface area contributed by atoms with Crippen LogP contribution in [0.4, 0.5) is 11.4 Å². The van der Waals surface area contributed by atoms with Crippen LogP contribution in [0.3, 0.4) is 0 Å². The van der Waals surface area contributed by atoms with Crippen molar-refractivity contribution in [2.75, 3.05) is 22.9 Å². The molecule has 0 bridgehead atoms. The monoisotopic (exact) mass is 950 g/mol. The van der Waals surface area contributed by atoms with Crippen molar-refractivity contribution in [2.24, 2.45) is 0 Å². The van der Waals surface area contributed by atoms with Crippen LogP contribution in [0.15, 0.2) is 91.0 Å². The first-order valence-corrected chi connectivity index (χ1v) is 30.3. The van der Waals surface area contributed by atoms with E-state index in [2.05, 4.69) is 142 Å². The van der Waals surface area contributed by atoms with Crippen LogP contribution in [0.2, 0.25) is 0 Å². The summed E-state index contributed by atoms with van der Waals surface area (Å²) in [6, 6.07) is 32.4. The van der Waals surface area contributed by atoms with Crippen LogP contribution in [0, 0.1) is 41.5 Å². The molecule has 1 saturated heterocycles. The number of hydrogen-bond donors (Lipinski definition) is 0. The van der Waals surface area contributed by atoms with Crippen molar-refractivity contribution < 1.29 is 13.5 Å². The predicted octanol–water partition coefficient (Wildman–Crippen LogP) is 16.3. The van der Waals surface area contributed by atoms with Crippen LogP contribution < -0.4 is 9.80 Å². The van der Waals surface area contributed by atoms with Crippen LogP contribution in [-0.4, -0.2) is 34.4 Å². The van der Waals surface area contributed by atoms with E-state index in [1.54, 1.807) is 96.3 Å². The van der Waals surface area contributed by atoms with Gasteiger partial charge in [-0.05, 0) is 77.0 Å². The molecule has 1 heterocycles. The number of benzene rings is 4. The average Bonchev–Trinajstić information content (AvgIpc) is 3.88. The molecule has 4 fully saturated rings. The van der Waals surface area contributed by atoms with E-state index in [1.807, 2.05) is 0 Å². The van der Waals surface area contributed by atoms with Gasteiger partial charge in [0.05, 0.1) is 17.0 Å². The van der Waals surface area contributed by atoms with E-state index in [0.717, 1.165) is 17.4 Å². The number of rotatable bonds is 6. The van der Waals surface area contributed by atoms with Crippen molar-refractivity contribution in [1.29, 1.82) is 0 Å². The Kier molecular flexibility index (Phi) is 16.6. The molecule has 0 spiro atoms. The molecule has 324 valence electrons. The van der Waals surface area contributed by atoms with Gasteiger partial charge in [-0.25, -0.2) is 0 Å². The molecule has 5 aromatic rings. The van der Waals surface area contributed by atoms with Gasteiger partial charge in [-0.1, -0.05) is 61.2 Å². The van der Waals surface area contributed by atoms with Gasteiger partial charge in [0.15, 0.2) is 0 Å². The second kappa shape index (κ2) is 21.8. The molecule has 2 nitrogen and oxygen atoms in total. The van der Waals surface area contributed by atoms with Crippen LogP contribution in [0.5, 0.6) is 0 Å². The van der Waals surface area contributed by atoms with E-state index in [-0.39, 0.29) is 7.92 Å². The first kappa shape index (κ1) is 45.6. The zero-order valence-corrected chi connectivity index (χ0v) is 41.7. The Bertz CT molecular complexity index is 2030. The van der Waals surface area contributed by atoms with Crippen LogP contribution in [-0.2, 0) is 13.5 Å². The number of nitrogens with zero attached hydrogens (tertiary/aromatic N) is 2. The van der Waals surface area contributed by atoms with E-state index in [0.29, 0.717) is 0 Å². The maximum Gasteiger partial charge on any atom is -0.0623 e. The van der Waals surface area contributed by atoms with Gasteiger partial charge in [-0.3, -0.25) is 0 Å². The SMILES string of the molecule is C1CCC([PH+](C2CCCCC2)C2CCCCC2)CC1.Cc1cc(C)c(N2CCN(c3c(C)cc(C)cc3C)[C]2=[Ru]([Cl])[Cl])c(C)c1.c1ccc(-c2c[cH-]c3ccccc23)cc1. The molecule has 5 aromatic carbocycles. The number of anilines is 2. The first-order valence-electron chi connectivity index (χ1n) is 23.2. The summed E-state index contributed by atoms with van der Waals surface area (Å²) in [5.74, 6) is 0. The van der Waals surface area contributed by atoms with Crippen molar-refractivity contribution in [3.05, 3.63) is 124 Å². The molecule has 1 aliphatic heterocycles. The fraction of sp³-hybridized carbons (Fsp3) is 0.481. The summed E-state index contributed by atoms with van der Waals surface area (Å²) in [5, 5.41) is 2.65. The van der Waals surface area contributed by atoms with Gasteiger partial charge in [0.2, 0.25) is 0 Å². The second-order valence-electron chi connectivity index (χ2n) is 18.4. The zero-order valence-electron chi connectivity index (χ0n) is 37.4. The Hall–Kier alpha value is -2.41. The molecule has 0 aromatic heterocycles. The fourth-order valence-corrected chi connectivity index (χ4v) is 20.0. The molecule has 0 N–H and O–H groups in total. The summed E-state index contributed by atoms with van der Waals surface area (Å²) in [5.41, 5.74) is 16.5. The molecule has 0 unspecified atom stereocenters. The Morgan fingerprint density at radius 3 is 1.35 bits per heavy atom. The third kappa shape index (κ3) is 11.0. The molecular weight excluding hydrogens is 880 g/mol. The molecule has 60 heavy (non-hydrogen) atoms. The number of hydrogen-bond acceptors (Lipinski definition) is 2. The van der Waals surface area contributed by atoms with Gasteiger partial charge in [-0.2, -0.15) is 0 Å². The van der Waals surface area contributed by atoms with Gasteiger partial charge < -0.3 is 0 Å². The Balaban J connectivity index is 0.000000141. The van der Waals surface area contributed by atoms with Crippen LogP contribution in [0.1, 0.15) is 130 Å². The van der Waals surface area contributed by atoms with E-state index in [1.165, 1.54) is 83.6 Å². The Morgan fingerprint density at radius 1 is 0.533 bits per heavy atom. The summed E-state index contributed by atoms with van der Waals surface area (Å²) in [6.07, 6.45) is 23.8. The van der Waals surface area contributed by atoms with Gasteiger partial charge in [0, 0.05) is 7.92 Å². The summed E-state index contributed by atoms with van der Waals surface area (Å²) in [7, 11) is 13.2. The van der Waals surface area contributed by atoms with E-state index in [4.69, 9.17) is 19.4 Å². The summed E-state index contributed by atoms with van der Waals surface area (Å²) >= 11 is -2.12. The van der Waals surface area contributed by atoms with Crippen LogP contribution >= 0.6 is 27.3 Å². The number of halogens is 2. The van der Waals surface area contributed by atoms with Gasteiger partial charge >= 0.3 is 171 Å². The molecule has 0 atom stereocenters. The smallest absolute Gasteiger partial charge is 0.0623 e. The van der Waals surface area contributed by atoms with Gasteiger partial charge in [0.25, 0.3) is 0 Å². The summed E-state index contributed by atoms with van der Waals surface area (Å²) in [6.45, 7) is 14.8. The molecule has 6 heteroatoms. The molecule has 0 radical (unpaired) electrons. The third-order valence-corrected chi connectivity index (χ3v) is 21.4.